The summed E-state index contributed by atoms with van der Waals surface area (Å²) in [6, 6.07) is 0.785. The average molecular weight is 192 g/mol. The molecule has 0 amide bonds. The first kappa shape index (κ1) is 10.0. The summed E-state index contributed by atoms with van der Waals surface area (Å²) < 4.78 is 0. The lowest BCUT2D eigenvalue weighted by Gasteiger charge is -2.33. The smallest absolute Gasteiger partial charge is 0.0601 e. The standard InChI is InChI=1S/C12H20N2/c1-2-9-14-10-3-4-12(14)11-5-7-13-8-6-11/h1,11-13H,3-10H2. The average Bonchev–Trinajstić information content (AvgIpc) is 2.68. The van der Waals surface area contributed by atoms with Crippen molar-refractivity contribution in [3.63, 3.8) is 0 Å². The minimum absolute atomic E-state index is 0.785. The highest BCUT2D eigenvalue weighted by molar-refractivity contribution is 4.95. The van der Waals surface area contributed by atoms with E-state index in [0.717, 1.165) is 18.5 Å². The number of rotatable bonds is 2. The highest BCUT2D eigenvalue weighted by Crippen LogP contribution is 2.28. The van der Waals surface area contributed by atoms with Crippen molar-refractivity contribution in [3.05, 3.63) is 0 Å². The van der Waals surface area contributed by atoms with Gasteiger partial charge in [0.2, 0.25) is 0 Å². The molecular weight excluding hydrogens is 172 g/mol. The van der Waals surface area contributed by atoms with E-state index in [2.05, 4.69) is 16.1 Å². The normalized spacial score (nSPS) is 30.4. The van der Waals surface area contributed by atoms with Crippen molar-refractivity contribution in [1.29, 1.82) is 0 Å². The van der Waals surface area contributed by atoms with Crippen LogP contribution in [0.1, 0.15) is 25.7 Å². The Kier molecular flexibility index (Phi) is 3.44. The van der Waals surface area contributed by atoms with Crippen molar-refractivity contribution in [2.24, 2.45) is 5.92 Å². The maximum atomic E-state index is 5.40. The molecule has 0 bridgehead atoms. The predicted molar refractivity (Wildman–Crippen MR) is 59.0 cm³/mol. The van der Waals surface area contributed by atoms with Crippen LogP contribution in [0.5, 0.6) is 0 Å². The van der Waals surface area contributed by atoms with Crippen LogP contribution < -0.4 is 5.32 Å². The SMILES string of the molecule is C#CCN1CCCC1C1CCNCC1. The maximum absolute atomic E-state index is 5.40. The van der Waals surface area contributed by atoms with Gasteiger partial charge in [0.15, 0.2) is 0 Å². The first-order chi connectivity index (χ1) is 6.92. The minimum atomic E-state index is 0.785. The molecule has 0 aromatic heterocycles. The van der Waals surface area contributed by atoms with E-state index in [0.29, 0.717) is 0 Å². The fourth-order valence-corrected chi connectivity index (χ4v) is 2.93. The highest BCUT2D eigenvalue weighted by atomic mass is 15.2. The van der Waals surface area contributed by atoms with E-state index in [4.69, 9.17) is 6.42 Å². The third-order valence-corrected chi connectivity index (χ3v) is 3.64. The first-order valence-corrected chi connectivity index (χ1v) is 5.80. The fraction of sp³-hybridized carbons (Fsp3) is 0.833. The molecule has 1 N–H and O–H groups in total. The fourth-order valence-electron chi connectivity index (χ4n) is 2.93. The van der Waals surface area contributed by atoms with Gasteiger partial charge in [-0.2, -0.15) is 0 Å². The Morgan fingerprint density at radius 3 is 2.79 bits per heavy atom. The number of terminal acetylenes is 1. The third-order valence-electron chi connectivity index (χ3n) is 3.64. The summed E-state index contributed by atoms with van der Waals surface area (Å²) in [4.78, 5) is 2.51. The van der Waals surface area contributed by atoms with Crippen molar-refractivity contribution in [3.8, 4) is 12.3 Å². The zero-order valence-electron chi connectivity index (χ0n) is 8.84. The van der Waals surface area contributed by atoms with Crippen molar-refractivity contribution in [2.75, 3.05) is 26.2 Å². The zero-order valence-corrected chi connectivity index (χ0v) is 8.84. The molecule has 1 unspecified atom stereocenters. The van der Waals surface area contributed by atoms with Crippen LogP contribution in [0.3, 0.4) is 0 Å². The van der Waals surface area contributed by atoms with Crippen LogP contribution in [-0.2, 0) is 0 Å². The molecule has 0 radical (unpaired) electrons. The second kappa shape index (κ2) is 4.82. The summed E-state index contributed by atoms with van der Waals surface area (Å²) in [5, 5.41) is 3.43. The molecule has 1 atom stereocenters. The number of hydrogen-bond donors (Lipinski definition) is 1. The van der Waals surface area contributed by atoms with Crippen LogP contribution in [0.15, 0.2) is 0 Å². The molecule has 0 aromatic carbocycles. The molecule has 14 heavy (non-hydrogen) atoms. The van der Waals surface area contributed by atoms with Gasteiger partial charge in [-0.15, -0.1) is 6.42 Å². The Hall–Kier alpha value is -0.520. The van der Waals surface area contributed by atoms with Crippen molar-refractivity contribution < 1.29 is 0 Å². The molecular formula is C12H20N2. The largest absolute Gasteiger partial charge is 0.317 e. The van der Waals surface area contributed by atoms with Gasteiger partial charge in [0.1, 0.15) is 0 Å². The van der Waals surface area contributed by atoms with Gasteiger partial charge in [-0.1, -0.05) is 5.92 Å². The molecule has 2 aliphatic rings. The van der Waals surface area contributed by atoms with Crippen LogP contribution in [0, 0.1) is 18.3 Å². The van der Waals surface area contributed by atoms with Crippen LogP contribution in [0.25, 0.3) is 0 Å². The van der Waals surface area contributed by atoms with E-state index in [1.165, 1.54) is 45.3 Å². The Balaban J connectivity index is 1.91. The van der Waals surface area contributed by atoms with Gasteiger partial charge in [-0.05, 0) is 51.2 Å². The Morgan fingerprint density at radius 1 is 1.29 bits per heavy atom. The Morgan fingerprint density at radius 2 is 2.07 bits per heavy atom. The summed E-state index contributed by atoms with van der Waals surface area (Å²) in [6.07, 6.45) is 10.8. The van der Waals surface area contributed by atoms with Gasteiger partial charge in [0.05, 0.1) is 6.54 Å². The molecule has 2 heteroatoms. The van der Waals surface area contributed by atoms with Crippen molar-refractivity contribution in [1.82, 2.24) is 10.2 Å². The van der Waals surface area contributed by atoms with Crippen LogP contribution >= 0.6 is 0 Å². The second-order valence-electron chi connectivity index (χ2n) is 4.47. The lowest BCUT2D eigenvalue weighted by molar-refractivity contribution is 0.178. The summed E-state index contributed by atoms with van der Waals surface area (Å²) in [5.74, 6) is 3.68. The van der Waals surface area contributed by atoms with Gasteiger partial charge in [0.25, 0.3) is 0 Å². The summed E-state index contributed by atoms with van der Waals surface area (Å²) in [7, 11) is 0. The zero-order chi connectivity index (χ0) is 9.80. The molecule has 0 aromatic rings. The lowest BCUT2D eigenvalue weighted by atomic mass is 9.89. The van der Waals surface area contributed by atoms with Gasteiger partial charge in [-0.25, -0.2) is 0 Å². The molecule has 0 aliphatic carbocycles. The molecule has 2 aliphatic heterocycles. The van der Waals surface area contributed by atoms with E-state index in [-0.39, 0.29) is 0 Å². The number of nitrogens with one attached hydrogen (secondary N) is 1. The van der Waals surface area contributed by atoms with E-state index in [9.17, 15) is 0 Å². The topological polar surface area (TPSA) is 15.3 Å². The summed E-state index contributed by atoms with van der Waals surface area (Å²) >= 11 is 0. The third kappa shape index (κ3) is 2.10. The Bertz CT molecular complexity index is 213. The molecule has 78 valence electrons. The highest BCUT2D eigenvalue weighted by Gasteiger charge is 2.31. The van der Waals surface area contributed by atoms with Crippen molar-refractivity contribution >= 4 is 0 Å². The predicted octanol–water partition coefficient (Wildman–Crippen LogP) is 1.08. The van der Waals surface area contributed by atoms with Crippen LogP contribution in [-0.4, -0.2) is 37.1 Å². The maximum Gasteiger partial charge on any atom is 0.0601 e. The lowest BCUT2D eigenvalue weighted by Crippen LogP contribution is -2.41. The van der Waals surface area contributed by atoms with Gasteiger partial charge >= 0.3 is 0 Å². The van der Waals surface area contributed by atoms with Gasteiger partial charge in [0, 0.05) is 6.04 Å². The molecule has 2 fully saturated rings. The molecule has 2 rings (SSSR count). The number of likely N-dealkylation sites (tertiary alicyclic amines) is 1. The summed E-state index contributed by atoms with van der Waals surface area (Å²) in [6.45, 7) is 4.48. The van der Waals surface area contributed by atoms with Gasteiger partial charge < -0.3 is 5.32 Å². The van der Waals surface area contributed by atoms with Crippen LogP contribution in [0.2, 0.25) is 0 Å². The molecule has 0 spiro atoms. The van der Waals surface area contributed by atoms with Gasteiger partial charge in [-0.3, -0.25) is 4.90 Å². The quantitative estimate of drug-likeness (QED) is 0.659. The molecule has 2 heterocycles. The number of hydrogen-bond acceptors (Lipinski definition) is 2. The van der Waals surface area contributed by atoms with Crippen LogP contribution in [0.4, 0.5) is 0 Å². The minimum Gasteiger partial charge on any atom is -0.317 e. The van der Waals surface area contributed by atoms with E-state index < -0.39 is 0 Å². The Labute approximate surface area is 87.1 Å². The molecule has 2 nitrogen and oxygen atoms in total. The second-order valence-corrected chi connectivity index (χ2v) is 4.47. The molecule has 0 saturated carbocycles. The van der Waals surface area contributed by atoms with E-state index in [1.807, 2.05) is 0 Å². The van der Waals surface area contributed by atoms with Crippen molar-refractivity contribution in [2.45, 2.75) is 31.7 Å². The van der Waals surface area contributed by atoms with E-state index in [1.54, 1.807) is 0 Å². The monoisotopic (exact) mass is 192 g/mol. The number of nitrogens with zero attached hydrogens (tertiary/aromatic N) is 1. The molecule has 2 saturated heterocycles. The van der Waals surface area contributed by atoms with E-state index >= 15 is 0 Å². The first-order valence-electron chi connectivity index (χ1n) is 5.80. The summed E-state index contributed by atoms with van der Waals surface area (Å²) in [5.41, 5.74) is 0. The number of piperidine rings is 1.